The van der Waals surface area contributed by atoms with Crippen molar-refractivity contribution in [2.24, 2.45) is 0 Å². The van der Waals surface area contributed by atoms with E-state index in [-0.39, 0.29) is 11.8 Å². The van der Waals surface area contributed by atoms with Crippen LogP contribution in [0.25, 0.3) is 11.2 Å². The average Bonchev–Trinajstić information content (AvgIpc) is 3.47. The Balaban J connectivity index is 1.07. The van der Waals surface area contributed by atoms with Gasteiger partial charge in [0.05, 0.1) is 24.2 Å². The number of rotatable bonds is 6. The molecule has 0 N–H and O–H groups in total. The van der Waals surface area contributed by atoms with E-state index in [9.17, 15) is 5.26 Å². The van der Waals surface area contributed by atoms with Crippen LogP contribution in [0.15, 0.2) is 42.6 Å². The fourth-order valence-electron chi connectivity index (χ4n) is 5.79. The topological polar surface area (TPSA) is 111 Å². The van der Waals surface area contributed by atoms with Crippen molar-refractivity contribution in [2.75, 3.05) is 19.7 Å². The molecular weight excluding hydrogens is 530 g/mol. The fraction of sp³-hybridized carbons (Fsp3) is 0.414. The molecule has 4 aromatic rings. The summed E-state index contributed by atoms with van der Waals surface area (Å²) in [6, 6.07) is 13.5. The van der Waals surface area contributed by atoms with E-state index in [4.69, 9.17) is 30.8 Å². The van der Waals surface area contributed by atoms with Gasteiger partial charge in [-0.2, -0.15) is 5.26 Å². The first kappa shape index (κ1) is 25.2. The number of aromatic nitrogens is 5. The number of nitrogens with zero attached hydrogens (tertiary/aromatic N) is 7. The largest absolute Gasteiger partial charge is 0.443 e. The third-order valence-corrected chi connectivity index (χ3v) is 8.29. The number of benzene rings is 1. The second kappa shape index (κ2) is 10.0. The maximum Gasteiger partial charge on any atom is 0.292 e. The lowest BCUT2D eigenvalue weighted by molar-refractivity contribution is -0.0722. The lowest BCUT2D eigenvalue weighted by atomic mass is 9.88. The highest BCUT2D eigenvalue weighted by molar-refractivity contribution is 6.30. The van der Waals surface area contributed by atoms with Gasteiger partial charge in [-0.3, -0.25) is 9.88 Å². The summed E-state index contributed by atoms with van der Waals surface area (Å²) in [5, 5.41) is 18.2. The number of fused-ring (bicyclic) bond motifs is 2. The minimum atomic E-state index is -0.999. The molecular formula is C29H28ClN7O3. The molecule has 2 fully saturated rings. The first-order valence-corrected chi connectivity index (χ1v) is 14.0. The summed E-state index contributed by atoms with van der Waals surface area (Å²) in [6.45, 7) is 5.91. The first-order valence-electron chi connectivity index (χ1n) is 13.6. The van der Waals surface area contributed by atoms with Crippen LogP contribution < -0.4 is 9.47 Å². The molecule has 2 saturated heterocycles. The third-order valence-electron chi connectivity index (χ3n) is 8.06. The van der Waals surface area contributed by atoms with Crippen LogP contribution in [0.4, 0.5) is 0 Å². The van der Waals surface area contributed by atoms with E-state index in [2.05, 4.69) is 36.8 Å². The van der Waals surface area contributed by atoms with Crippen LogP contribution in [-0.4, -0.2) is 55.4 Å². The van der Waals surface area contributed by atoms with Crippen molar-refractivity contribution in [1.29, 1.82) is 5.26 Å². The molecule has 3 aromatic heterocycles. The van der Waals surface area contributed by atoms with E-state index in [1.807, 2.05) is 25.1 Å². The van der Waals surface area contributed by atoms with Gasteiger partial charge in [0.1, 0.15) is 23.1 Å². The molecule has 11 heteroatoms. The zero-order valence-electron chi connectivity index (χ0n) is 22.1. The Morgan fingerprint density at radius 1 is 1.12 bits per heavy atom. The van der Waals surface area contributed by atoms with Crippen molar-refractivity contribution in [3.05, 3.63) is 70.4 Å². The summed E-state index contributed by atoms with van der Waals surface area (Å²) in [7, 11) is 0. The maximum atomic E-state index is 9.26. The molecule has 2 atom stereocenters. The van der Waals surface area contributed by atoms with Crippen LogP contribution in [0.1, 0.15) is 54.9 Å². The molecule has 204 valence electrons. The van der Waals surface area contributed by atoms with Gasteiger partial charge in [-0.15, -0.1) is 10.2 Å². The van der Waals surface area contributed by atoms with E-state index in [0.717, 1.165) is 56.3 Å². The third kappa shape index (κ3) is 4.54. The molecule has 0 aliphatic carbocycles. The zero-order chi connectivity index (χ0) is 27.3. The number of para-hydroxylation sites is 1. The van der Waals surface area contributed by atoms with E-state index in [1.165, 1.54) is 5.56 Å². The van der Waals surface area contributed by atoms with Gasteiger partial charge in [-0.05, 0) is 56.5 Å². The normalized spacial score (nSPS) is 22.8. The first-order chi connectivity index (χ1) is 19.5. The molecule has 3 aliphatic heterocycles. The van der Waals surface area contributed by atoms with Crippen LogP contribution in [0, 0.1) is 11.3 Å². The number of piperidine rings is 1. The van der Waals surface area contributed by atoms with Crippen molar-refractivity contribution in [1.82, 2.24) is 29.6 Å². The Labute approximate surface area is 236 Å². The molecule has 0 saturated carbocycles. The van der Waals surface area contributed by atoms with Crippen LogP contribution in [-0.2, 0) is 23.6 Å². The van der Waals surface area contributed by atoms with Gasteiger partial charge < -0.3 is 18.8 Å². The summed E-state index contributed by atoms with van der Waals surface area (Å²) < 4.78 is 20.5. The van der Waals surface area contributed by atoms with Crippen LogP contribution in [0.3, 0.4) is 0 Å². The Kier molecular flexibility index (Phi) is 6.30. The van der Waals surface area contributed by atoms with E-state index in [1.54, 1.807) is 18.3 Å². The molecule has 0 amide bonds. The SMILES string of the molecule is CC1(c2ccc(Cl)cn2)Oc2cccc(C3CCN(Cc4nc5cc(C#N)nnc5n4CC4CCO4)CC3)c2O1. The standard InChI is InChI=1S/C29H28ClN7O3/c1-29(25-6-5-19(30)15-32-25)39-24-4-2-3-22(27(24)40-29)18-7-10-36(11-8-18)17-26-33-23-13-20(14-31)34-35-28(23)37(26)16-21-9-12-38-21/h2-6,13,15,18,21H,7-12,16-17H2,1H3. The number of hydrogen-bond acceptors (Lipinski definition) is 9. The predicted octanol–water partition coefficient (Wildman–Crippen LogP) is 4.56. The van der Waals surface area contributed by atoms with E-state index in [0.29, 0.717) is 40.9 Å². The van der Waals surface area contributed by atoms with Gasteiger partial charge in [0.25, 0.3) is 5.79 Å². The summed E-state index contributed by atoms with van der Waals surface area (Å²) >= 11 is 6.04. The Hall–Kier alpha value is -3.78. The molecule has 0 bridgehead atoms. The summed E-state index contributed by atoms with van der Waals surface area (Å²) in [4.78, 5) is 11.7. The molecule has 40 heavy (non-hydrogen) atoms. The maximum absolute atomic E-state index is 9.26. The number of hydrogen-bond donors (Lipinski definition) is 0. The quantitative estimate of drug-likeness (QED) is 0.337. The van der Waals surface area contributed by atoms with Crippen molar-refractivity contribution in [3.63, 3.8) is 0 Å². The highest BCUT2D eigenvalue weighted by Crippen LogP contribution is 2.49. The van der Waals surface area contributed by atoms with Gasteiger partial charge >= 0.3 is 0 Å². The molecule has 2 unspecified atom stereocenters. The van der Waals surface area contributed by atoms with Gasteiger partial charge in [0, 0.05) is 31.4 Å². The molecule has 0 spiro atoms. The number of ether oxygens (including phenoxy) is 3. The summed E-state index contributed by atoms with van der Waals surface area (Å²) in [6.07, 6.45) is 4.77. The molecule has 7 rings (SSSR count). The second-order valence-corrected chi connectivity index (χ2v) is 11.1. The summed E-state index contributed by atoms with van der Waals surface area (Å²) in [5.74, 6) is 1.82. The van der Waals surface area contributed by atoms with Crippen molar-refractivity contribution in [3.8, 4) is 17.6 Å². The Bertz CT molecular complexity index is 1610. The lowest BCUT2D eigenvalue weighted by Crippen LogP contribution is -2.35. The number of imidazole rings is 1. The second-order valence-electron chi connectivity index (χ2n) is 10.7. The van der Waals surface area contributed by atoms with Gasteiger partial charge in [0.2, 0.25) is 0 Å². The Morgan fingerprint density at radius 2 is 1.98 bits per heavy atom. The number of likely N-dealkylation sites (tertiary alicyclic amines) is 1. The summed E-state index contributed by atoms with van der Waals surface area (Å²) in [5.41, 5.74) is 3.52. The Morgan fingerprint density at radius 3 is 2.70 bits per heavy atom. The number of pyridine rings is 1. The number of halogens is 1. The van der Waals surface area contributed by atoms with Crippen LogP contribution >= 0.6 is 11.6 Å². The predicted molar refractivity (Wildman–Crippen MR) is 146 cm³/mol. The molecule has 0 radical (unpaired) electrons. The fourth-order valence-corrected chi connectivity index (χ4v) is 5.90. The highest BCUT2D eigenvalue weighted by atomic mass is 35.5. The minimum Gasteiger partial charge on any atom is -0.443 e. The van der Waals surface area contributed by atoms with Gasteiger partial charge in [-0.1, -0.05) is 23.7 Å². The zero-order valence-corrected chi connectivity index (χ0v) is 22.8. The van der Waals surface area contributed by atoms with Crippen LogP contribution in [0.2, 0.25) is 5.02 Å². The smallest absolute Gasteiger partial charge is 0.292 e. The van der Waals surface area contributed by atoms with Crippen molar-refractivity contribution >= 4 is 22.8 Å². The van der Waals surface area contributed by atoms with Crippen molar-refractivity contribution < 1.29 is 14.2 Å². The molecule has 3 aliphatic rings. The molecule has 1 aromatic carbocycles. The molecule has 6 heterocycles. The van der Waals surface area contributed by atoms with Gasteiger partial charge in [-0.25, -0.2) is 4.98 Å². The molecule has 10 nitrogen and oxygen atoms in total. The van der Waals surface area contributed by atoms with E-state index < -0.39 is 5.79 Å². The number of nitriles is 1. The average molecular weight is 558 g/mol. The van der Waals surface area contributed by atoms with Gasteiger partial charge in [0.15, 0.2) is 22.8 Å². The minimum absolute atomic E-state index is 0.162. The monoisotopic (exact) mass is 557 g/mol. The lowest BCUT2D eigenvalue weighted by Gasteiger charge is -2.33. The van der Waals surface area contributed by atoms with E-state index >= 15 is 0 Å². The highest BCUT2D eigenvalue weighted by Gasteiger charge is 2.42. The van der Waals surface area contributed by atoms with Crippen molar-refractivity contribution in [2.45, 2.75) is 57.1 Å². The van der Waals surface area contributed by atoms with Crippen LogP contribution in [0.5, 0.6) is 11.5 Å².